The summed E-state index contributed by atoms with van der Waals surface area (Å²) in [6.07, 6.45) is 36.9. The minimum Gasteiger partial charge on any atom is -1.00 e. The van der Waals surface area contributed by atoms with Gasteiger partial charge in [-0.25, -0.2) is 0 Å². The van der Waals surface area contributed by atoms with Gasteiger partial charge in [0.1, 0.15) is 0 Å². The molecular formula is C62H89Ba5N5. The number of fused-ring (bicyclic) bond motifs is 15. The summed E-state index contributed by atoms with van der Waals surface area (Å²) in [7, 11) is 0. The van der Waals surface area contributed by atoms with E-state index < -0.39 is 0 Å². The first-order valence-electron chi connectivity index (χ1n) is 22.3. The molecule has 15 rings (SSSR count). The number of aryl methyl sites for hydroxylation is 2. The molecule has 0 saturated carbocycles. The van der Waals surface area contributed by atoms with E-state index in [1.54, 1.807) is 27.8 Å². The Morgan fingerprint density at radius 1 is 0.417 bits per heavy atom. The monoisotopic (exact) mass is 1590 g/mol. The van der Waals surface area contributed by atoms with E-state index in [0.717, 1.165) is 51.6 Å². The smallest absolute Gasteiger partial charge is 1.00 e. The minimum absolute atomic E-state index is 0. The largest absolute Gasteiger partial charge is 2.00 e. The Morgan fingerprint density at radius 3 is 1.67 bits per heavy atom. The van der Waals surface area contributed by atoms with Crippen LogP contribution in [-0.4, -0.2) is 276 Å². The fourth-order valence-corrected chi connectivity index (χ4v) is 10.7. The summed E-state index contributed by atoms with van der Waals surface area (Å²) in [4.78, 5) is 17.4. The van der Waals surface area contributed by atoms with E-state index in [0.29, 0.717) is 0 Å². The Labute approximate surface area is 652 Å². The van der Waals surface area contributed by atoms with Crippen LogP contribution in [0.15, 0.2) is 98.9 Å². The van der Waals surface area contributed by atoms with Crippen molar-refractivity contribution in [1.82, 2.24) is 0 Å². The van der Waals surface area contributed by atoms with Crippen molar-refractivity contribution in [3.63, 3.8) is 0 Å². The van der Waals surface area contributed by atoms with Crippen molar-refractivity contribution in [2.45, 2.75) is 135 Å². The van der Waals surface area contributed by atoms with Gasteiger partial charge >= 0.3 is 244 Å². The van der Waals surface area contributed by atoms with Crippen LogP contribution in [0.2, 0.25) is 0 Å². The fraction of sp³-hybridized carbons (Fsp3) is 0.355. The first kappa shape index (κ1) is 75.7. The molecule has 0 radical (unpaired) electrons. The van der Waals surface area contributed by atoms with Crippen molar-refractivity contribution >= 4 is 310 Å². The van der Waals surface area contributed by atoms with Crippen LogP contribution in [0.5, 0.6) is 0 Å². The molecule has 0 saturated heterocycles. The molecule has 0 bridgehead atoms. The summed E-state index contributed by atoms with van der Waals surface area (Å²) in [5.41, 5.74) is 26.0. The number of rotatable bonds is 0. The second kappa shape index (κ2) is 36.1. The van der Waals surface area contributed by atoms with E-state index in [4.69, 9.17) is 0 Å². The van der Waals surface area contributed by atoms with Gasteiger partial charge in [-0.2, -0.15) is 0 Å². The number of nitrogens with one attached hydrogen (secondary N) is 1. The molecule has 0 fully saturated rings. The molecule has 10 aliphatic rings. The molecular weight excluding hydrogens is 1500 g/mol. The SMILES string of the molecule is C.C.C.C.C.C.C.C1=Cc2c(ccc3c2CC=N3)C1.C1=Cc2c3c(ccc2=C1)=NCC3.C1=Cc2ccc3c(c2C1)CC=N3.C1=Nc2ccc3c(c2C1)CCC3.[Ba+2].[Ba+2].[Ba+2].[Ba+2].[Ba+2].[H-].[H-].[H-].[H-].[H-].[H-].[H-].[H-].[H-].[H-].c1cc2c(c3c1CCC3)CCN2. The second-order valence-electron chi connectivity index (χ2n) is 17.1. The summed E-state index contributed by atoms with van der Waals surface area (Å²) in [5.74, 6) is 0. The van der Waals surface area contributed by atoms with Gasteiger partial charge in [0.25, 0.3) is 0 Å². The molecule has 5 aliphatic carbocycles. The van der Waals surface area contributed by atoms with Crippen molar-refractivity contribution < 1.29 is 14.3 Å². The Balaban J connectivity index is -0.0000000700. The average molecular weight is 1590 g/mol. The maximum atomic E-state index is 4.43. The average Bonchev–Trinajstić information content (AvgIpc) is 4.11. The summed E-state index contributed by atoms with van der Waals surface area (Å²) in [6.45, 7) is 2.12. The molecule has 0 unspecified atom stereocenters. The van der Waals surface area contributed by atoms with Gasteiger partial charge in [0.2, 0.25) is 0 Å². The fourth-order valence-electron chi connectivity index (χ4n) is 10.7. The van der Waals surface area contributed by atoms with Crippen molar-refractivity contribution in [2.24, 2.45) is 20.0 Å². The van der Waals surface area contributed by atoms with Crippen LogP contribution >= 0.6 is 0 Å². The zero-order chi connectivity index (χ0) is 39.8. The number of aliphatic imine (C=N–C) groups is 3. The van der Waals surface area contributed by atoms with Crippen LogP contribution in [0.3, 0.4) is 0 Å². The second-order valence-corrected chi connectivity index (χ2v) is 17.1. The molecule has 72 heavy (non-hydrogen) atoms. The normalized spacial score (nSPS) is 14.4. The zero-order valence-electron chi connectivity index (χ0n) is 48.0. The third kappa shape index (κ3) is 16.6. The molecule has 0 amide bonds. The number of anilines is 1. The van der Waals surface area contributed by atoms with Gasteiger partial charge in [-0.05, 0) is 178 Å². The van der Waals surface area contributed by atoms with Gasteiger partial charge in [0.15, 0.2) is 0 Å². The topological polar surface area (TPSA) is 61.5 Å². The van der Waals surface area contributed by atoms with E-state index >= 15 is 0 Å². The van der Waals surface area contributed by atoms with E-state index in [-0.39, 0.29) is 311 Å². The van der Waals surface area contributed by atoms with Crippen LogP contribution in [0, 0.1) is 0 Å². The standard InChI is InChI=1S/C11H13N.C11H11N.3C11H9N.7CH4.5Ba.10H/c5*1-2-8-4-5-11-10(6-7-12-11)9(8)3-1;;;;;;;;;;;;;;;;;;;;;;/h4-5,12H,1-3,6-7H2;4-5,7H,1-3,6H2;1,3-5,7H,2,6H2;1-2,4-5,7H,3,6H2;1-5H,6-7H2;7*1H4;;;;;;;;;;;;;;;/q;;;;;;;;;;;;5*+2;10*-1. The number of allylic oxidation sites excluding steroid dienone is 3. The molecule has 0 aromatic heterocycles. The van der Waals surface area contributed by atoms with Crippen molar-refractivity contribution in [2.75, 3.05) is 18.4 Å². The summed E-state index contributed by atoms with van der Waals surface area (Å²) in [5, 5.41) is 5.98. The first-order chi connectivity index (χ1) is 29.7. The maximum Gasteiger partial charge on any atom is 2.00 e. The van der Waals surface area contributed by atoms with Crippen molar-refractivity contribution in [3.8, 4) is 0 Å². The minimum atomic E-state index is 0. The molecule has 5 nitrogen and oxygen atoms in total. The number of nitrogens with zero attached hydrogens (tertiary/aromatic N) is 4. The van der Waals surface area contributed by atoms with Gasteiger partial charge in [0.05, 0.1) is 22.4 Å². The van der Waals surface area contributed by atoms with Crippen LogP contribution in [-0.2, 0) is 70.6 Å². The van der Waals surface area contributed by atoms with Gasteiger partial charge in [-0.1, -0.05) is 125 Å². The molecule has 10 heteroatoms. The zero-order valence-corrected chi connectivity index (χ0v) is 60.2. The van der Waals surface area contributed by atoms with Gasteiger partial charge in [0, 0.05) is 56.7 Å². The van der Waals surface area contributed by atoms with Gasteiger partial charge in [-0.3, -0.25) is 20.0 Å². The van der Waals surface area contributed by atoms with Crippen LogP contribution in [0.25, 0.3) is 24.3 Å². The van der Waals surface area contributed by atoms with Crippen molar-refractivity contribution in [3.05, 3.63) is 167 Å². The summed E-state index contributed by atoms with van der Waals surface area (Å²) in [6, 6.07) is 21.9. The molecule has 1 N–H and O–H groups in total. The van der Waals surface area contributed by atoms with Crippen LogP contribution in [0.1, 0.15) is 157 Å². The quantitative estimate of drug-likeness (QED) is 0.154. The molecule has 5 aliphatic heterocycles. The Bertz CT molecular complexity index is 2810. The third-order valence-corrected chi connectivity index (χ3v) is 13.7. The molecule has 0 spiro atoms. The molecule has 5 aromatic rings. The third-order valence-electron chi connectivity index (χ3n) is 13.7. The van der Waals surface area contributed by atoms with E-state index in [1.165, 1.54) is 128 Å². The molecule has 372 valence electrons. The predicted octanol–water partition coefficient (Wildman–Crippen LogP) is 13.9. The van der Waals surface area contributed by atoms with Crippen LogP contribution < -0.4 is 15.9 Å². The van der Waals surface area contributed by atoms with Gasteiger partial charge in [-0.15, -0.1) is 0 Å². The number of hydrogen-bond acceptors (Lipinski definition) is 5. The van der Waals surface area contributed by atoms with Crippen LogP contribution in [0.4, 0.5) is 22.7 Å². The Morgan fingerprint density at radius 2 is 0.986 bits per heavy atom. The van der Waals surface area contributed by atoms with E-state index in [9.17, 15) is 0 Å². The predicted molar refractivity (Wildman–Crippen MR) is 339 cm³/mol. The Hall–Kier alpha value is 1.66. The molecule has 5 heterocycles. The molecule has 5 aromatic carbocycles. The van der Waals surface area contributed by atoms with E-state index in [2.05, 4.69) is 128 Å². The van der Waals surface area contributed by atoms with Gasteiger partial charge < -0.3 is 19.6 Å². The van der Waals surface area contributed by atoms with Crippen molar-refractivity contribution in [1.29, 1.82) is 0 Å². The number of hydrogen-bond donors (Lipinski definition) is 1. The molecule has 0 atom stereocenters. The van der Waals surface area contributed by atoms with E-state index in [1.807, 2.05) is 18.6 Å². The summed E-state index contributed by atoms with van der Waals surface area (Å²) >= 11 is 0. The first-order valence-corrected chi connectivity index (χ1v) is 22.3. The maximum absolute atomic E-state index is 4.43. The number of benzene rings is 5. The summed E-state index contributed by atoms with van der Waals surface area (Å²) < 4.78 is 0. The Kier molecular flexibility index (Phi) is 38.0.